The molecule has 1 aliphatic heterocycles. The van der Waals surface area contributed by atoms with Crippen LogP contribution in [0.2, 0.25) is 0 Å². The number of ketones is 1. The van der Waals surface area contributed by atoms with Gasteiger partial charge in [0.1, 0.15) is 0 Å². The molecule has 1 aliphatic rings. The summed E-state index contributed by atoms with van der Waals surface area (Å²) in [6, 6.07) is 7.38. The Morgan fingerprint density at radius 3 is 2.12 bits per heavy atom. The van der Waals surface area contributed by atoms with Gasteiger partial charge >= 0.3 is 6.09 Å². The minimum absolute atomic E-state index is 0.0192. The summed E-state index contributed by atoms with van der Waals surface area (Å²) in [4.78, 5) is 39.8. The van der Waals surface area contributed by atoms with Crippen LogP contribution >= 0.6 is 0 Å². The molecule has 142 valence electrons. The minimum Gasteiger partial charge on any atom is -0.449 e. The van der Waals surface area contributed by atoms with Crippen molar-refractivity contribution in [2.75, 3.05) is 32.8 Å². The van der Waals surface area contributed by atoms with E-state index >= 15 is 0 Å². The first kappa shape index (κ1) is 19.9. The molecule has 0 atom stereocenters. The van der Waals surface area contributed by atoms with Gasteiger partial charge in [0.15, 0.2) is 5.78 Å². The van der Waals surface area contributed by atoms with Crippen molar-refractivity contribution >= 4 is 17.8 Å². The number of benzene rings is 1. The Morgan fingerprint density at radius 2 is 1.54 bits per heavy atom. The van der Waals surface area contributed by atoms with Crippen molar-refractivity contribution < 1.29 is 19.1 Å². The molecule has 0 bridgehead atoms. The zero-order valence-corrected chi connectivity index (χ0v) is 15.9. The molecule has 0 saturated carbocycles. The van der Waals surface area contributed by atoms with Crippen molar-refractivity contribution in [2.24, 2.45) is 5.92 Å². The maximum absolute atomic E-state index is 12.3. The van der Waals surface area contributed by atoms with Gasteiger partial charge in [0.05, 0.1) is 6.61 Å². The lowest BCUT2D eigenvalue weighted by Gasteiger charge is -2.34. The largest absolute Gasteiger partial charge is 0.449 e. The predicted octanol–water partition coefficient (Wildman–Crippen LogP) is 2.89. The number of carbonyl (C=O) groups is 3. The molecule has 6 heteroatoms. The van der Waals surface area contributed by atoms with E-state index in [-0.39, 0.29) is 30.6 Å². The first-order chi connectivity index (χ1) is 12.4. The highest BCUT2D eigenvalue weighted by molar-refractivity contribution is 5.98. The van der Waals surface area contributed by atoms with Gasteiger partial charge in [-0.2, -0.15) is 0 Å². The molecular weight excluding hydrogens is 332 g/mol. The van der Waals surface area contributed by atoms with Gasteiger partial charge in [-0.25, -0.2) is 4.79 Å². The quantitative estimate of drug-likeness (QED) is 0.732. The summed E-state index contributed by atoms with van der Waals surface area (Å²) in [7, 11) is 0. The van der Waals surface area contributed by atoms with Gasteiger partial charge in [-0.15, -0.1) is 0 Å². The molecule has 2 rings (SSSR count). The molecule has 0 aromatic heterocycles. The van der Waals surface area contributed by atoms with E-state index in [0.717, 1.165) is 5.56 Å². The Bertz CT molecular complexity index is 632. The third kappa shape index (κ3) is 5.86. The van der Waals surface area contributed by atoms with E-state index in [9.17, 15) is 14.4 Å². The molecule has 6 nitrogen and oxygen atoms in total. The second-order valence-corrected chi connectivity index (χ2v) is 7.13. The average molecular weight is 360 g/mol. The second kappa shape index (κ2) is 9.36. The van der Waals surface area contributed by atoms with Crippen LogP contribution in [0.3, 0.4) is 0 Å². The fourth-order valence-corrected chi connectivity index (χ4v) is 2.73. The number of aryl methyl sites for hydroxylation is 1. The number of nitrogens with zero attached hydrogens (tertiary/aromatic N) is 2. The van der Waals surface area contributed by atoms with E-state index in [4.69, 9.17) is 4.74 Å². The number of rotatable bonds is 6. The Balaban J connectivity index is 1.73. The second-order valence-electron chi connectivity index (χ2n) is 7.13. The topological polar surface area (TPSA) is 66.9 Å². The highest BCUT2D eigenvalue weighted by Crippen LogP contribution is 2.11. The van der Waals surface area contributed by atoms with Crippen molar-refractivity contribution in [3.05, 3.63) is 35.4 Å². The molecule has 0 spiro atoms. The number of piperazine rings is 1. The molecule has 0 unspecified atom stereocenters. The zero-order valence-electron chi connectivity index (χ0n) is 15.9. The Morgan fingerprint density at radius 1 is 0.962 bits per heavy atom. The van der Waals surface area contributed by atoms with Gasteiger partial charge in [-0.1, -0.05) is 43.7 Å². The van der Waals surface area contributed by atoms with E-state index < -0.39 is 0 Å². The van der Waals surface area contributed by atoms with Crippen LogP contribution in [0.4, 0.5) is 4.79 Å². The first-order valence-electron chi connectivity index (χ1n) is 9.16. The molecular formula is C20H28N2O4. The Kier molecular flexibility index (Phi) is 7.18. The Labute approximate surface area is 155 Å². The minimum atomic E-state index is -0.319. The van der Waals surface area contributed by atoms with Gasteiger partial charge in [0.2, 0.25) is 5.91 Å². The van der Waals surface area contributed by atoms with E-state index in [0.29, 0.717) is 44.3 Å². The monoisotopic (exact) mass is 360 g/mol. The van der Waals surface area contributed by atoms with Crippen LogP contribution in [0, 0.1) is 12.8 Å². The maximum atomic E-state index is 12.3. The van der Waals surface area contributed by atoms with E-state index in [1.165, 1.54) is 0 Å². The lowest BCUT2D eigenvalue weighted by atomic mass is 10.0. The zero-order chi connectivity index (χ0) is 19.1. The molecule has 1 aromatic carbocycles. The highest BCUT2D eigenvalue weighted by atomic mass is 16.6. The van der Waals surface area contributed by atoms with Crippen LogP contribution in [0.5, 0.6) is 0 Å². The van der Waals surface area contributed by atoms with Crippen LogP contribution in [-0.2, 0) is 9.53 Å². The molecule has 1 fully saturated rings. The summed E-state index contributed by atoms with van der Waals surface area (Å²) in [5, 5.41) is 0. The van der Waals surface area contributed by atoms with Gasteiger partial charge < -0.3 is 14.5 Å². The van der Waals surface area contributed by atoms with Gasteiger partial charge in [-0.05, 0) is 12.8 Å². The highest BCUT2D eigenvalue weighted by Gasteiger charge is 2.25. The summed E-state index contributed by atoms with van der Waals surface area (Å²) in [5.41, 5.74) is 1.74. The van der Waals surface area contributed by atoms with Gasteiger partial charge in [-0.3, -0.25) is 9.59 Å². The average Bonchev–Trinajstić information content (AvgIpc) is 2.64. The summed E-state index contributed by atoms with van der Waals surface area (Å²) in [6.45, 7) is 8.24. The summed E-state index contributed by atoms with van der Waals surface area (Å²) < 4.78 is 5.21. The number of carbonyl (C=O) groups excluding carboxylic acids is 3. The number of amides is 2. The third-order valence-electron chi connectivity index (χ3n) is 4.37. The van der Waals surface area contributed by atoms with Crippen LogP contribution < -0.4 is 0 Å². The summed E-state index contributed by atoms with van der Waals surface area (Å²) >= 11 is 0. The van der Waals surface area contributed by atoms with E-state index in [1.807, 2.05) is 32.9 Å². The van der Waals surface area contributed by atoms with Crippen LogP contribution in [-0.4, -0.2) is 60.4 Å². The van der Waals surface area contributed by atoms with Crippen molar-refractivity contribution in [3.63, 3.8) is 0 Å². The van der Waals surface area contributed by atoms with Crippen LogP contribution in [0.15, 0.2) is 24.3 Å². The van der Waals surface area contributed by atoms with Crippen LogP contribution in [0.1, 0.15) is 42.6 Å². The predicted molar refractivity (Wildman–Crippen MR) is 99.1 cm³/mol. The van der Waals surface area contributed by atoms with Crippen LogP contribution in [0.25, 0.3) is 0 Å². The molecule has 26 heavy (non-hydrogen) atoms. The maximum Gasteiger partial charge on any atom is 0.409 e. The van der Waals surface area contributed by atoms with Crippen molar-refractivity contribution in [1.82, 2.24) is 9.80 Å². The molecule has 0 radical (unpaired) electrons. The molecule has 1 aromatic rings. The first-order valence-corrected chi connectivity index (χ1v) is 9.16. The molecule has 0 aliphatic carbocycles. The molecule has 1 heterocycles. The molecule has 2 amide bonds. The fourth-order valence-electron chi connectivity index (χ4n) is 2.73. The molecule has 0 N–H and O–H groups in total. The summed E-state index contributed by atoms with van der Waals surface area (Å²) in [5.74, 6) is 0.239. The lowest BCUT2D eigenvalue weighted by molar-refractivity contribution is -0.132. The Hall–Kier alpha value is -2.37. The normalized spacial score (nSPS) is 14.5. The van der Waals surface area contributed by atoms with E-state index in [1.54, 1.807) is 21.9 Å². The van der Waals surface area contributed by atoms with Gasteiger partial charge in [0, 0.05) is 44.6 Å². The SMILES string of the molecule is Cc1ccc(C(=O)CCC(=O)N2CCN(C(=O)OCC(C)C)CC2)cc1. The standard InChI is InChI=1S/C20H28N2O4/c1-15(2)14-26-20(25)22-12-10-21(11-13-22)19(24)9-8-18(23)17-6-4-16(3)5-7-17/h4-7,15H,8-14H2,1-3H3. The number of Topliss-reactive ketones (excluding diaryl/α,β-unsaturated/α-hetero) is 1. The number of hydrogen-bond donors (Lipinski definition) is 0. The smallest absolute Gasteiger partial charge is 0.409 e. The molecule has 1 saturated heterocycles. The lowest BCUT2D eigenvalue weighted by Crippen LogP contribution is -2.50. The van der Waals surface area contributed by atoms with E-state index in [2.05, 4.69) is 0 Å². The van der Waals surface area contributed by atoms with Gasteiger partial charge in [0.25, 0.3) is 0 Å². The van der Waals surface area contributed by atoms with Crippen molar-refractivity contribution in [2.45, 2.75) is 33.6 Å². The van der Waals surface area contributed by atoms with Crippen molar-refractivity contribution in [1.29, 1.82) is 0 Å². The third-order valence-corrected chi connectivity index (χ3v) is 4.37. The fraction of sp³-hybridized carbons (Fsp3) is 0.550. The number of ether oxygens (including phenoxy) is 1. The number of hydrogen-bond acceptors (Lipinski definition) is 4. The van der Waals surface area contributed by atoms with Crippen molar-refractivity contribution in [3.8, 4) is 0 Å². The summed E-state index contributed by atoms with van der Waals surface area (Å²) in [6.07, 6.45) is 0.0867.